The third kappa shape index (κ3) is 7.98. The number of rotatable bonds is 7. The Morgan fingerprint density at radius 2 is 1.27 bits per heavy atom. The molecule has 1 aromatic heterocycles. The molecule has 0 aliphatic carbocycles. The van der Waals surface area contributed by atoms with E-state index >= 15 is 0 Å². The summed E-state index contributed by atoms with van der Waals surface area (Å²) in [4.78, 5) is 40.6. The van der Waals surface area contributed by atoms with Gasteiger partial charge in [-0.15, -0.1) is 0 Å². The van der Waals surface area contributed by atoms with Crippen LogP contribution in [0.25, 0.3) is 22.4 Å². The van der Waals surface area contributed by atoms with Crippen LogP contribution in [0.1, 0.15) is 78.9 Å². The molecule has 0 saturated carbocycles. The Balaban J connectivity index is 1.36. The molecule has 2 heterocycles. The van der Waals surface area contributed by atoms with Gasteiger partial charge in [-0.1, -0.05) is 48.5 Å². The molecule has 0 saturated heterocycles. The first kappa shape index (κ1) is 32.6. The number of aromatic amines is 1. The fourth-order valence-corrected chi connectivity index (χ4v) is 4.70. The number of aromatic nitrogens is 2. The average molecular weight is 603 g/mol. The Labute approximate surface area is 260 Å². The molecule has 2 N–H and O–H groups in total. The highest BCUT2D eigenvalue weighted by atomic mass is 16.6. The molecule has 1 unspecified atom stereocenters. The summed E-state index contributed by atoms with van der Waals surface area (Å²) in [6.45, 7) is 15.6. The van der Waals surface area contributed by atoms with Crippen LogP contribution in [-0.2, 0) is 9.47 Å². The standard InChI is InChI=1S/C34H46N6O4/c1-21(39(9)31(41)43-33(3,4)5)29-35-19-27(37-29)25-15-11-23(12-16-25)24-13-17-26(18-14-24)28-20-36-30(38-28)22(2)40(10)32(42)44-34(6,7)8/h11-19,21-22,28H,20H2,1-10H3,(H,35,37)(H,36,38)/t21-,22-,28?/m0/s1. The minimum atomic E-state index is -0.562. The maximum Gasteiger partial charge on any atom is 0.410 e. The molecular formula is C34H46N6O4. The summed E-state index contributed by atoms with van der Waals surface area (Å²) in [7, 11) is 3.44. The van der Waals surface area contributed by atoms with Crippen LogP contribution in [-0.4, -0.2) is 75.7 Å². The van der Waals surface area contributed by atoms with Crippen molar-refractivity contribution in [1.29, 1.82) is 0 Å². The maximum atomic E-state index is 12.5. The van der Waals surface area contributed by atoms with Gasteiger partial charge in [0.15, 0.2) is 0 Å². The molecule has 0 spiro atoms. The molecule has 1 aliphatic rings. The predicted molar refractivity (Wildman–Crippen MR) is 174 cm³/mol. The first-order valence-electron chi connectivity index (χ1n) is 15.0. The van der Waals surface area contributed by atoms with E-state index in [0.717, 1.165) is 33.8 Å². The first-order valence-corrected chi connectivity index (χ1v) is 15.0. The molecule has 0 bridgehead atoms. The van der Waals surface area contributed by atoms with Crippen LogP contribution in [0.4, 0.5) is 9.59 Å². The second kappa shape index (κ2) is 12.7. The van der Waals surface area contributed by atoms with E-state index in [1.54, 1.807) is 25.2 Å². The Hall–Kier alpha value is -4.34. The molecule has 10 heteroatoms. The molecule has 2 amide bonds. The van der Waals surface area contributed by atoms with Gasteiger partial charge in [-0.05, 0) is 77.6 Å². The molecule has 2 aromatic carbocycles. The second-order valence-corrected chi connectivity index (χ2v) is 13.3. The lowest BCUT2D eigenvalue weighted by Crippen LogP contribution is -2.46. The largest absolute Gasteiger partial charge is 0.444 e. The number of aliphatic imine (C=N–C) groups is 1. The van der Waals surface area contributed by atoms with E-state index in [1.807, 2.05) is 55.4 Å². The fourth-order valence-electron chi connectivity index (χ4n) is 4.70. The number of nitrogens with zero attached hydrogens (tertiary/aromatic N) is 4. The smallest absolute Gasteiger partial charge is 0.410 e. The minimum Gasteiger partial charge on any atom is -0.444 e. The zero-order valence-electron chi connectivity index (χ0n) is 27.6. The number of nitrogens with one attached hydrogen (secondary N) is 2. The fraction of sp³-hybridized carbons (Fsp3) is 0.471. The number of hydrogen-bond donors (Lipinski definition) is 2. The highest BCUT2D eigenvalue weighted by molar-refractivity contribution is 5.91. The van der Waals surface area contributed by atoms with Crippen molar-refractivity contribution in [1.82, 2.24) is 25.1 Å². The van der Waals surface area contributed by atoms with Crippen molar-refractivity contribution in [2.24, 2.45) is 4.99 Å². The lowest BCUT2D eigenvalue weighted by Gasteiger charge is -2.29. The molecule has 1 aliphatic heterocycles. The predicted octanol–water partition coefficient (Wildman–Crippen LogP) is 6.97. The normalized spacial score (nSPS) is 16.4. The van der Waals surface area contributed by atoms with E-state index < -0.39 is 17.3 Å². The molecule has 236 valence electrons. The van der Waals surface area contributed by atoms with Gasteiger partial charge in [0.05, 0.1) is 36.6 Å². The number of imidazole rings is 1. The first-order chi connectivity index (χ1) is 20.5. The van der Waals surface area contributed by atoms with Crippen molar-refractivity contribution < 1.29 is 19.1 Å². The van der Waals surface area contributed by atoms with Gasteiger partial charge < -0.3 is 29.6 Å². The number of H-pyrrole nitrogens is 1. The average Bonchev–Trinajstić information content (AvgIpc) is 3.65. The van der Waals surface area contributed by atoms with Gasteiger partial charge >= 0.3 is 12.2 Å². The summed E-state index contributed by atoms with van der Waals surface area (Å²) in [5, 5.41) is 3.49. The molecule has 3 atom stereocenters. The van der Waals surface area contributed by atoms with Crippen molar-refractivity contribution in [2.45, 2.75) is 84.7 Å². The highest BCUT2D eigenvalue weighted by Crippen LogP contribution is 2.28. The topological polar surface area (TPSA) is 112 Å². The summed E-state index contributed by atoms with van der Waals surface area (Å²) in [5.41, 5.74) is 4.10. The molecule has 0 fully saturated rings. The van der Waals surface area contributed by atoms with Crippen LogP contribution >= 0.6 is 0 Å². The molecule has 4 rings (SSSR count). The zero-order valence-corrected chi connectivity index (χ0v) is 27.6. The maximum absolute atomic E-state index is 12.5. The van der Waals surface area contributed by atoms with E-state index in [0.29, 0.717) is 12.4 Å². The van der Waals surface area contributed by atoms with E-state index in [1.165, 1.54) is 4.90 Å². The van der Waals surface area contributed by atoms with Crippen LogP contribution in [0, 0.1) is 0 Å². The Kier molecular flexibility index (Phi) is 9.41. The Bertz CT molecular complexity index is 1480. The third-order valence-corrected chi connectivity index (χ3v) is 7.52. The molecule has 3 aromatic rings. The van der Waals surface area contributed by atoms with Crippen LogP contribution in [0.3, 0.4) is 0 Å². The van der Waals surface area contributed by atoms with Crippen molar-refractivity contribution in [2.75, 3.05) is 20.6 Å². The summed E-state index contributed by atoms with van der Waals surface area (Å²) in [5.74, 6) is 1.46. The van der Waals surface area contributed by atoms with Gasteiger partial charge in [0, 0.05) is 14.1 Å². The number of likely N-dealkylation sites (N-methyl/N-ethyl adjacent to an activating group) is 1. The van der Waals surface area contributed by atoms with Crippen LogP contribution in [0.2, 0.25) is 0 Å². The zero-order chi connectivity index (χ0) is 32.4. The van der Waals surface area contributed by atoms with Gasteiger partial charge in [-0.3, -0.25) is 4.99 Å². The number of hydrogen-bond acceptors (Lipinski definition) is 7. The van der Waals surface area contributed by atoms with Crippen molar-refractivity contribution in [3.05, 3.63) is 66.1 Å². The Morgan fingerprint density at radius 1 is 0.795 bits per heavy atom. The van der Waals surface area contributed by atoms with Gasteiger partial charge in [0.25, 0.3) is 0 Å². The molecule has 44 heavy (non-hydrogen) atoms. The van der Waals surface area contributed by atoms with Crippen molar-refractivity contribution in [3.63, 3.8) is 0 Å². The van der Waals surface area contributed by atoms with Crippen LogP contribution in [0.15, 0.2) is 59.7 Å². The number of ether oxygens (including phenoxy) is 2. The lowest BCUT2D eigenvalue weighted by atomic mass is 9.99. The quantitative estimate of drug-likeness (QED) is 0.302. The number of amidine groups is 1. The number of carbonyl (C=O) groups is 2. The van der Waals surface area contributed by atoms with Gasteiger partial charge in [0.1, 0.15) is 22.9 Å². The van der Waals surface area contributed by atoms with E-state index in [-0.39, 0.29) is 24.2 Å². The SMILES string of the molecule is C[C@@H](C1=NCC(c2ccc(-c3ccc(-c4cnc([C@H](C)N(C)C(=O)OC(C)(C)C)[nH]4)cc3)cc2)N1)N(C)C(=O)OC(C)(C)C. The summed E-state index contributed by atoms with van der Waals surface area (Å²) in [6.07, 6.45) is 1.02. The van der Waals surface area contributed by atoms with E-state index in [4.69, 9.17) is 9.47 Å². The van der Waals surface area contributed by atoms with Crippen molar-refractivity contribution in [3.8, 4) is 22.4 Å². The second-order valence-electron chi connectivity index (χ2n) is 13.3. The highest BCUT2D eigenvalue weighted by Gasteiger charge is 2.30. The Morgan fingerprint density at radius 3 is 1.80 bits per heavy atom. The third-order valence-electron chi connectivity index (χ3n) is 7.52. The monoisotopic (exact) mass is 602 g/mol. The minimum absolute atomic E-state index is 0.0437. The summed E-state index contributed by atoms with van der Waals surface area (Å²) < 4.78 is 11.0. The molecular weight excluding hydrogens is 556 g/mol. The van der Waals surface area contributed by atoms with Gasteiger partial charge in [-0.25, -0.2) is 14.6 Å². The van der Waals surface area contributed by atoms with Crippen LogP contribution < -0.4 is 5.32 Å². The number of carbonyl (C=O) groups excluding carboxylic acids is 2. The van der Waals surface area contributed by atoms with Gasteiger partial charge in [0.2, 0.25) is 0 Å². The number of benzene rings is 2. The summed E-state index contributed by atoms with van der Waals surface area (Å²) in [6, 6.07) is 16.3. The molecule has 0 radical (unpaired) electrons. The molecule has 10 nitrogen and oxygen atoms in total. The van der Waals surface area contributed by atoms with Crippen LogP contribution in [0.5, 0.6) is 0 Å². The summed E-state index contributed by atoms with van der Waals surface area (Å²) >= 11 is 0. The van der Waals surface area contributed by atoms with E-state index in [9.17, 15) is 9.59 Å². The van der Waals surface area contributed by atoms with E-state index in [2.05, 4.69) is 68.8 Å². The van der Waals surface area contributed by atoms with Gasteiger partial charge in [-0.2, -0.15) is 0 Å². The lowest BCUT2D eigenvalue weighted by molar-refractivity contribution is 0.0225. The number of amides is 2. The van der Waals surface area contributed by atoms with Crippen molar-refractivity contribution >= 4 is 18.0 Å².